The van der Waals surface area contributed by atoms with E-state index in [1.165, 1.54) is 32.1 Å². The maximum Gasteiger partial charge on any atom is 0.307 e. The number of carboxylic acids is 1. The Morgan fingerprint density at radius 2 is 1.80 bits per heavy atom. The summed E-state index contributed by atoms with van der Waals surface area (Å²) in [6.45, 7) is 5.85. The molecular formula is C16H27NO3. The molecule has 2 fully saturated rings. The molecule has 0 spiro atoms. The largest absolute Gasteiger partial charge is 0.481 e. The summed E-state index contributed by atoms with van der Waals surface area (Å²) >= 11 is 0. The van der Waals surface area contributed by atoms with Gasteiger partial charge in [-0.15, -0.1) is 0 Å². The van der Waals surface area contributed by atoms with Crippen LogP contribution in [-0.2, 0) is 9.59 Å². The van der Waals surface area contributed by atoms with Crippen LogP contribution in [0.2, 0.25) is 0 Å². The highest BCUT2D eigenvalue weighted by Crippen LogP contribution is 2.58. The van der Waals surface area contributed by atoms with Gasteiger partial charge < -0.3 is 10.4 Å². The van der Waals surface area contributed by atoms with Crippen molar-refractivity contribution < 1.29 is 14.7 Å². The standard InChI is InChI=1S/C16H27NO3/c1-4-11(10-8-6-5-7-9-10)17-14(18)12-13(15(19)20)16(12,2)3/h10-13H,4-9H2,1-3H3,(H,17,18)(H,19,20). The lowest BCUT2D eigenvalue weighted by atomic mass is 9.83. The maximum atomic E-state index is 12.4. The van der Waals surface area contributed by atoms with Crippen molar-refractivity contribution in [2.24, 2.45) is 23.2 Å². The highest BCUT2D eigenvalue weighted by Gasteiger charge is 2.66. The van der Waals surface area contributed by atoms with Crippen molar-refractivity contribution in [2.45, 2.75) is 65.3 Å². The number of carboxylic acid groups (broad SMARTS) is 1. The molecule has 2 aliphatic carbocycles. The van der Waals surface area contributed by atoms with Gasteiger partial charge in [0.25, 0.3) is 0 Å². The molecule has 2 saturated carbocycles. The molecule has 2 rings (SSSR count). The smallest absolute Gasteiger partial charge is 0.307 e. The van der Waals surface area contributed by atoms with Crippen LogP contribution in [0.4, 0.5) is 0 Å². The quantitative estimate of drug-likeness (QED) is 0.814. The molecular weight excluding hydrogens is 254 g/mol. The van der Waals surface area contributed by atoms with Gasteiger partial charge >= 0.3 is 5.97 Å². The summed E-state index contributed by atoms with van der Waals surface area (Å²) in [5, 5.41) is 12.3. The van der Waals surface area contributed by atoms with E-state index in [1.54, 1.807) is 0 Å². The molecule has 2 N–H and O–H groups in total. The predicted molar refractivity (Wildman–Crippen MR) is 77.2 cm³/mol. The molecule has 0 heterocycles. The maximum absolute atomic E-state index is 12.4. The number of carbonyl (C=O) groups is 2. The van der Waals surface area contributed by atoms with Crippen LogP contribution in [0, 0.1) is 23.2 Å². The Labute approximate surface area is 121 Å². The third-order valence-electron chi connectivity index (χ3n) is 5.36. The fraction of sp³-hybridized carbons (Fsp3) is 0.875. The molecule has 4 nitrogen and oxygen atoms in total. The van der Waals surface area contributed by atoms with E-state index < -0.39 is 17.3 Å². The van der Waals surface area contributed by atoms with Gasteiger partial charge in [0.15, 0.2) is 0 Å². The summed E-state index contributed by atoms with van der Waals surface area (Å²) in [4.78, 5) is 23.5. The number of nitrogens with one attached hydrogen (secondary N) is 1. The number of hydrogen-bond donors (Lipinski definition) is 2. The Hall–Kier alpha value is -1.06. The van der Waals surface area contributed by atoms with E-state index in [2.05, 4.69) is 12.2 Å². The molecule has 114 valence electrons. The first-order chi connectivity index (χ1) is 9.39. The first-order valence-corrected chi connectivity index (χ1v) is 7.92. The second kappa shape index (κ2) is 5.74. The Kier molecular flexibility index (Phi) is 4.40. The van der Waals surface area contributed by atoms with Crippen LogP contribution in [-0.4, -0.2) is 23.0 Å². The van der Waals surface area contributed by atoms with Crippen LogP contribution < -0.4 is 5.32 Å². The normalized spacial score (nSPS) is 30.6. The minimum Gasteiger partial charge on any atom is -0.481 e. The lowest BCUT2D eigenvalue weighted by Gasteiger charge is -2.30. The Morgan fingerprint density at radius 1 is 1.20 bits per heavy atom. The third-order valence-corrected chi connectivity index (χ3v) is 5.36. The van der Waals surface area contributed by atoms with E-state index in [4.69, 9.17) is 5.11 Å². The van der Waals surface area contributed by atoms with Crippen LogP contribution in [0.5, 0.6) is 0 Å². The summed E-state index contributed by atoms with van der Waals surface area (Å²) in [6, 6.07) is 0.216. The van der Waals surface area contributed by atoms with E-state index in [0.29, 0.717) is 5.92 Å². The molecule has 0 radical (unpaired) electrons. The predicted octanol–water partition coefficient (Wildman–Crippen LogP) is 2.82. The van der Waals surface area contributed by atoms with E-state index in [1.807, 2.05) is 13.8 Å². The van der Waals surface area contributed by atoms with E-state index in [0.717, 1.165) is 6.42 Å². The fourth-order valence-corrected chi connectivity index (χ4v) is 3.95. The van der Waals surface area contributed by atoms with Gasteiger partial charge in [-0.2, -0.15) is 0 Å². The number of carbonyl (C=O) groups excluding carboxylic acids is 1. The SMILES string of the molecule is CCC(NC(=O)C1C(C(=O)O)C1(C)C)C1CCCCC1. The minimum absolute atomic E-state index is 0.0557. The number of rotatable bonds is 5. The molecule has 0 saturated heterocycles. The Morgan fingerprint density at radius 3 is 2.25 bits per heavy atom. The molecule has 0 aliphatic heterocycles. The van der Waals surface area contributed by atoms with Crippen LogP contribution in [0.15, 0.2) is 0 Å². The molecule has 0 aromatic rings. The fourth-order valence-electron chi connectivity index (χ4n) is 3.95. The molecule has 2 aliphatic rings. The van der Waals surface area contributed by atoms with Crippen molar-refractivity contribution in [3.63, 3.8) is 0 Å². The van der Waals surface area contributed by atoms with Crippen molar-refractivity contribution in [1.82, 2.24) is 5.32 Å². The Balaban J connectivity index is 1.94. The number of aliphatic carboxylic acids is 1. The number of amides is 1. The summed E-state index contributed by atoms with van der Waals surface area (Å²) in [5.41, 5.74) is -0.402. The first-order valence-electron chi connectivity index (χ1n) is 7.92. The molecule has 0 aromatic carbocycles. The molecule has 0 bridgehead atoms. The van der Waals surface area contributed by atoms with Gasteiger partial charge in [0.05, 0.1) is 11.8 Å². The van der Waals surface area contributed by atoms with Gasteiger partial charge in [0.2, 0.25) is 5.91 Å². The molecule has 1 amide bonds. The summed E-state index contributed by atoms with van der Waals surface area (Å²) in [7, 11) is 0. The zero-order chi connectivity index (χ0) is 14.9. The first kappa shape index (κ1) is 15.3. The van der Waals surface area contributed by atoms with Gasteiger partial charge in [-0.05, 0) is 30.6 Å². The Bertz CT molecular complexity index is 385. The molecule has 3 unspecified atom stereocenters. The molecule has 4 heteroatoms. The number of hydrogen-bond acceptors (Lipinski definition) is 2. The zero-order valence-electron chi connectivity index (χ0n) is 12.8. The van der Waals surface area contributed by atoms with E-state index >= 15 is 0 Å². The van der Waals surface area contributed by atoms with Gasteiger partial charge in [0, 0.05) is 6.04 Å². The summed E-state index contributed by atoms with van der Waals surface area (Å²) < 4.78 is 0. The van der Waals surface area contributed by atoms with Crippen molar-refractivity contribution >= 4 is 11.9 Å². The highest BCUT2D eigenvalue weighted by atomic mass is 16.4. The second-order valence-electron chi connectivity index (χ2n) is 7.04. The van der Waals surface area contributed by atoms with Gasteiger partial charge in [-0.3, -0.25) is 9.59 Å². The van der Waals surface area contributed by atoms with Crippen LogP contribution in [0.3, 0.4) is 0 Å². The highest BCUT2D eigenvalue weighted by molar-refractivity contribution is 5.91. The third kappa shape index (κ3) is 2.84. The van der Waals surface area contributed by atoms with Gasteiger partial charge in [-0.1, -0.05) is 40.0 Å². The van der Waals surface area contributed by atoms with Crippen LogP contribution in [0.1, 0.15) is 59.3 Å². The van der Waals surface area contributed by atoms with Crippen LogP contribution in [0.25, 0.3) is 0 Å². The van der Waals surface area contributed by atoms with E-state index in [-0.39, 0.29) is 17.9 Å². The minimum atomic E-state index is -0.846. The van der Waals surface area contributed by atoms with Crippen molar-refractivity contribution in [2.75, 3.05) is 0 Å². The van der Waals surface area contributed by atoms with Crippen molar-refractivity contribution in [1.29, 1.82) is 0 Å². The lowest BCUT2D eigenvalue weighted by Crippen LogP contribution is -2.42. The lowest BCUT2D eigenvalue weighted by molar-refractivity contribution is -0.140. The van der Waals surface area contributed by atoms with E-state index in [9.17, 15) is 9.59 Å². The molecule has 3 atom stereocenters. The second-order valence-corrected chi connectivity index (χ2v) is 7.04. The molecule has 0 aromatic heterocycles. The average molecular weight is 281 g/mol. The monoisotopic (exact) mass is 281 g/mol. The summed E-state index contributed by atoms with van der Waals surface area (Å²) in [6.07, 6.45) is 7.12. The van der Waals surface area contributed by atoms with Crippen LogP contribution >= 0.6 is 0 Å². The van der Waals surface area contributed by atoms with Gasteiger partial charge in [0.1, 0.15) is 0 Å². The molecule has 20 heavy (non-hydrogen) atoms. The summed E-state index contributed by atoms with van der Waals surface area (Å²) in [5.74, 6) is -1.22. The zero-order valence-corrected chi connectivity index (χ0v) is 12.8. The van der Waals surface area contributed by atoms with Gasteiger partial charge in [-0.25, -0.2) is 0 Å². The van der Waals surface area contributed by atoms with Crippen molar-refractivity contribution in [3.05, 3.63) is 0 Å². The average Bonchev–Trinajstić information content (AvgIpc) is 3.00. The van der Waals surface area contributed by atoms with Crippen molar-refractivity contribution in [3.8, 4) is 0 Å². The topological polar surface area (TPSA) is 66.4 Å².